The van der Waals surface area contributed by atoms with Crippen molar-refractivity contribution in [3.8, 4) is 0 Å². The van der Waals surface area contributed by atoms with Gasteiger partial charge in [-0.15, -0.1) is 0 Å². The summed E-state index contributed by atoms with van der Waals surface area (Å²) in [7, 11) is 0. The summed E-state index contributed by atoms with van der Waals surface area (Å²) < 4.78 is 1.83. The highest BCUT2D eigenvalue weighted by Crippen LogP contribution is 2.40. The van der Waals surface area contributed by atoms with Crippen molar-refractivity contribution in [2.75, 3.05) is 19.6 Å². The molecule has 8 heteroatoms. The van der Waals surface area contributed by atoms with Crippen LogP contribution < -0.4 is 0 Å². The largest absolute Gasteiger partial charge is 0.328 e. The van der Waals surface area contributed by atoms with Gasteiger partial charge in [0.05, 0.1) is 35.2 Å². The number of aryl methyl sites for hydroxylation is 2. The van der Waals surface area contributed by atoms with Gasteiger partial charge in [0.25, 0.3) is 5.91 Å². The van der Waals surface area contributed by atoms with Gasteiger partial charge in [-0.25, -0.2) is 9.50 Å². The SMILES string of the molecule is Cc1nc2c3c(nn2c(C)c1Cl)CN(C(=O)c1ccccc1CN1CC2CCC4CCN2C4C1)C3. The van der Waals surface area contributed by atoms with Crippen LogP contribution in [0.4, 0.5) is 0 Å². The van der Waals surface area contributed by atoms with Crippen LogP contribution in [-0.4, -0.2) is 66.9 Å². The maximum Gasteiger partial charge on any atom is 0.254 e. The quantitative estimate of drug-likeness (QED) is 0.558. The van der Waals surface area contributed by atoms with Crippen LogP contribution in [-0.2, 0) is 19.6 Å². The zero-order valence-electron chi connectivity index (χ0n) is 20.4. The average molecular weight is 491 g/mol. The van der Waals surface area contributed by atoms with Crippen LogP contribution in [0.15, 0.2) is 24.3 Å². The standard InChI is InChI=1S/C27H31ClN6O/c1-16-25(28)17(2)34-26(29-16)22-13-32(14-23(22)30-34)27(35)21-6-4-3-5-19(21)11-31-12-20-8-7-18-9-10-33(20)24(18)15-31/h3-6,18,20,24H,7-15H2,1-2H3. The van der Waals surface area contributed by atoms with E-state index in [1.165, 1.54) is 25.8 Å². The number of carbonyl (C=O) groups excluding carboxylic acids is 1. The molecule has 0 saturated carbocycles. The fourth-order valence-electron chi connectivity index (χ4n) is 7.06. The van der Waals surface area contributed by atoms with Crippen molar-refractivity contribution in [2.45, 2.75) is 64.8 Å². The lowest BCUT2D eigenvalue weighted by molar-refractivity contribution is 0.00195. The van der Waals surface area contributed by atoms with E-state index in [9.17, 15) is 4.79 Å². The zero-order chi connectivity index (χ0) is 23.8. The normalized spacial score (nSPS) is 27.6. The topological polar surface area (TPSA) is 57.0 Å². The summed E-state index contributed by atoms with van der Waals surface area (Å²) in [5.41, 5.74) is 6.40. The Labute approximate surface area is 210 Å². The highest BCUT2D eigenvalue weighted by Gasteiger charge is 2.46. The van der Waals surface area contributed by atoms with Crippen molar-refractivity contribution in [1.29, 1.82) is 0 Å². The van der Waals surface area contributed by atoms with Gasteiger partial charge < -0.3 is 4.90 Å². The summed E-state index contributed by atoms with van der Waals surface area (Å²) in [6.45, 7) is 9.29. The molecule has 4 bridgehead atoms. The first-order valence-electron chi connectivity index (χ1n) is 12.9. The number of likely N-dealkylation sites (tertiary alicyclic amines) is 1. The fourth-order valence-corrected chi connectivity index (χ4v) is 7.18. The van der Waals surface area contributed by atoms with E-state index in [0.29, 0.717) is 30.2 Å². The van der Waals surface area contributed by atoms with Crippen molar-refractivity contribution in [3.63, 3.8) is 0 Å². The van der Waals surface area contributed by atoms with Gasteiger partial charge in [-0.05, 0) is 57.2 Å². The molecule has 182 valence electrons. The molecule has 0 spiro atoms. The summed E-state index contributed by atoms with van der Waals surface area (Å²) in [5.74, 6) is 0.949. The van der Waals surface area contributed by atoms with Crippen molar-refractivity contribution in [3.05, 3.63) is 63.1 Å². The van der Waals surface area contributed by atoms with Crippen LogP contribution in [0.3, 0.4) is 0 Å². The number of amides is 1. The third-order valence-corrected chi connectivity index (χ3v) is 9.41. The van der Waals surface area contributed by atoms with Crippen molar-refractivity contribution >= 4 is 23.2 Å². The van der Waals surface area contributed by atoms with E-state index in [2.05, 4.69) is 21.9 Å². The number of nitrogens with zero attached hydrogens (tertiary/aromatic N) is 6. The Hall–Kier alpha value is -2.48. The summed E-state index contributed by atoms with van der Waals surface area (Å²) >= 11 is 6.39. The van der Waals surface area contributed by atoms with E-state index >= 15 is 0 Å². The Balaban J connectivity index is 1.12. The molecule has 1 amide bonds. The summed E-state index contributed by atoms with van der Waals surface area (Å²) in [6.07, 6.45) is 4.08. The molecular formula is C27H31ClN6O. The first kappa shape index (κ1) is 21.8. The van der Waals surface area contributed by atoms with Crippen LogP contribution >= 0.6 is 11.6 Å². The molecule has 7 rings (SSSR count). The maximum absolute atomic E-state index is 13.7. The molecule has 3 saturated heterocycles. The number of halogens is 1. The van der Waals surface area contributed by atoms with Gasteiger partial charge >= 0.3 is 0 Å². The minimum atomic E-state index is 0.0835. The first-order chi connectivity index (χ1) is 17.0. The molecule has 4 aliphatic rings. The Morgan fingerprint density at radius 3 is 2.86 bits per heavy atom. The number of hydrogen-bond acceptors (Lipinski definition) is 5. The van der Waals surface area contributed by atoms with E-state index in [0.717, 1.165) is 65.0 Å². The first-order valence-corrected chi connectivity index (χ1v) is 13.2. The Morgan fingerprint density at radius 2 is 1.97 bits per heavy atom. The minimum absolute atomic E-state index is 0.0835. The third kappa shape index (κ3) is 3.35. The average Bonchev–Trinajstić information content (AvgIpc) is 3.49. The second kappa shape index (κ2) is 8.02. The molecule has 7 nitrogen and oxygen atoms in total. The fraction of sp³-hybridized carbons (Fsp3) is 0.519. The van der Waals surface area contributed by atoms with Gasteiger partial charge in [-0.1, -0.05) is 29.8 Å². The van der Waals surface area contributed by atoms with Crippen LogP contribution in [0.2, 0.25) is 5.02 Å². The molecule has 0 N–H and O–H groups in total. The number of benzene rings is 1. The minimum Gasteiger partial charge on any atom is -0.328 e. The number of fused-ring (bicyclic) bond motifs is 3. The van der Waals surface area contributed by atoms with Gasteiger partial charge in [0, 0.05) is 42.8 Å². The van der Waals surface area contributed by atoms with Gasteiger partial charge in [-0.3, -0.25) is 14.6 Å². The highest BCUT2D eigenvalue weighted by molar-refractivity contribution is 6.31. The molecule has 35 heavy (non-hydrogen) atoms. The monoisotopic (exact) mass is 490 g/mol. The summed E-state index contributed by atoms with van der Waals surface area (Å²) in [6, 6.07) is 9.57. The van der Waals surface area contributed by atoms with Crippen molar-refractivity contribution in [1.82, 2.24) is 29.3 Å². The molecule has 0 radical (unpaired) electrons. The third-order valence-electron chi connectivity index (χ3n) is 8.87. The molecule has 4 aliphatic heterocycles. The number of carbonyl (C=O) groups is 1. The van der Waals surface area contributed by atoms with Crippen LogP contribution in [0.25, 0.3) is 5.65 Å². The number of piperazine rings is 1. The number of hydrogen-bond donors (Lipinski definition) is 0. The smallest absolute Gasteiger partial charge is 0.254 e. The molecular weight excluding hydrogens is 460 g/mol. The highest BCUT2D eigenvalue weighted by atomic mass is 35.5. The van der Waals surface area contributed by atoms with E-state index in [4.69, 9.17) is 21.7 Å². The summed E-state index contributed by atoms with van der Waals surface area (Å²) in [4.78, 5) is 25.7. The van der Waals surface area contributed by atoms with Gasteiger partial charge in [0.15, 0.2) is 5.65 Å². The van der Waals surface area contributed by atoms with Gasteiger partial charge in [0.2, 0.25) is 0 Å². The van der Waals surface area contributed by atoms with E-state index in [1.807, 2.05) is 35.4 Å². The Bertz CT molecular complexity index is 1350. The molecule has 4 unspecified atom stereocenters. The Kier molecular flexibility index (Phi) is 4.99. The summed E-state index contributed by atoms with van der Waals surface area (Å²) in [5, 5.41) is 5.40. The second-order valence-electron chi connectivity index (χ2n) is 10.9. The van der Waals surface area contributed by atoms with E-state index in [-0.39, 0.29) is 5.91 Å². The lowest BCUT2D eigenvalue weighted by Crippen LogP contribution is -2.59. The Morgan fingerprint density at radius 1 is 1.11 bits per heavy atom. The molecule has 0 aliphatic carbocycles. The second-order valence-corrected chi connectivity index (χ2v) is 11.2. The molecule has 6 heterocycles. The number of piperidine rings is 1. The van der Waals surface area contributed by atoms with Gasteiger partial charge in [-0.2, -0.15) is 5.10 Å². The van der Waals surface area contributed by atoms with Crippen LogP contribution in [0, 0.1) is 19.8 Å². The lowest BCUT2D eigenvalue weighted by atomic mass is 9.85. The van der Waals surface area contributed by atoms with Crippen LogP contribution in [0.1, 0.15) is 57.8 Å². The maximum atomic E-state index is 13.7. The molecule has 3 fully saturated rings. The predicted octanol–water partition coefficient (Wildman–Crippen LogP) is 3.82. The molecule has 4 atom stereocenters. The van der Waals surface area contributed by atoms with Crippen molar-refractivity contribution in [2.24, 2.45) is 5.92 Å². The number of aromatic nitrogens is 3. The molecule has 1 aromatic carbocycles. The zero-order valence-corrected chi connectivity index (χ0v) is 21.1. The van der Waals surface area contributed by atoms with E-state index < -0.39 is 0 Å². The molecule has 3 aromatic rings. The molecule has 2 aromatic heterocycles. The van der Waals surface area contributed by atoms with Crippen molar-refractivity contribution < 1.29 is 4.79 Å². The van der Waals surface area contributed by atoms with Gasteiger partial charge in [0.1, 0.15) is 0 Å². The van der Waals surface area contributed by atoms with Crippen LogP contribution in [0.5, 0.6) is 0 Å². The lowest BCUT2D eigenvalue weighted by Gasteiger charge is -2.48. The predicted molar refractivity (Wildman–Crippen MR) is 134 cm³/mol. The van der Waals surface area contributed by atoms with E-state index in [1.54, 1.807) is 0 Å². The number of rotatable bonds is 3.